The zero-order valence-electron chi connectivity index (χ0n) is 24.8. The van der Waals surface area contributed by atoms with Gasteiger partial charge in [-0.05, 0) is 59.5 Å². The number of methoxy groups -OCH3 is 1. The number of rotatable bonds is 11. The number of esters is 1. The Morgan fingerprint density at radius 1 is 0.913 bits per heavy atom. The molecule has 4 aromatic rings. The van der Waals surface area contributed by atoms with Crippen LogP contribution in [0.4, 0.5) is 18.9 Å². The summed E-state index contributed by atoms with van der Waals surface area (Å²) in [7, 11) is -2.95. The fraction of sp³-hybridized carbons (Fsp3) is 0.235. The van der Waals surface area contributed by atoms with Crippen LogP contribution in [-0.4, -0.2) is 40.1 Å². The second kappa shape index (κ2) is 13.7. The molecule has 0 fully saturated rings. The molecule has 0 unspecified atom stereocenters. The van der Waals surface area contributed by atoms with Crippen LogP contribution in [0.2, 0.25) is 0 Å². The van der Waals surface area contributed by atoms with E-state index in [0.717, 1.165) is 16.4 Å². The number of nitrogens with one attached hydrogen (secondary N) is 1. The first-order valence-corrected chi connectivity index (χ1v) is 15.9. The summed E-state index contributed by atoms with van der Waals surface area (Å²) in [5.41, 5.74) is 1.61. The number of halogens is 3. The molecule has 1 N–H and O–H groups in total. The van der Waals surface area contributed by atoms with E-state index in [1.165, 1.54) is 43.5 Å². The van der Waals surface area contributed by atoms with Gasteiger partial charge in [-0.2, -0.15) is 13.2 Å². The van der Waals surface area contributed by atoms with Crippen molar-refractivity contribution in [3.8, 4) is 16.9 Å². The molecule has 12 heteroatoms. The standard InChI is InChI=1S/C34H31F3N2O6S/c1-44-32(40)14-7-19-45-31-13-5-3-9-26(31)22-38-33(41)30-21-25-8-2-4-12-29(25)39(30)46(42,43)28-17-15-23(16-18-28)24-10-6-11-27(20-24)34(35,36)37/h2-6,8-13,15-18,20,30H,7,14,19,21-22H2,1H3,(H,38,41)/t30-/m0/s1. The molecule has 1 heterocycles. The lowest BCUT2D eigenvalue weighted by Crippen LogP contribution is -2.47. The number of ether oxygens (including phenoxy) is 2. The lowest BCUT2D eigenvalue weighted by molar-refractivity contribution is -0.141. The van der Waals surface area contributed by atoms with Crippen molar-refractivity contribution >= 4 is 27.6 Å². The van der Waals surface area contributed by atoms with Gasteiger partial charge < -0.3 is 14.8 Å². The number of carbonyl (C=O) groups is 2. The summed E-state index contributed by atoms with van der Waals surface area (Å²) < 4.78 is 79.3. The highest BCUT2D eigenvalue weighted by atomic mass is 32.2. The molecule has 5 rings (SSSR count). The van der Waals surface area contributed by atoms with Gasteiger partial charge in [0.15, 0.2) is 0 Å². The van der Waals surface area contributed by atoms with Gasteiger partial charge in [0.2, 0.25) is 5.91 Å². The number of hydrogen-bond acceptors (Lipinski definition) is 6. The predicted molar refractivity (Wildman–Crippen MR) is 166 cm³/mol. The van der Waals surface area contributed by atoms with Crippen molar-refractivity contribution in [2.24, 2.45) is 0 Å². The van der Waals surface area contributed by atoms with Crippen molar-refractivity contribution in [3.05, 3.63) is 114 Å². The number of alkyl halides is 3. The molecule has 0 aromatic heterocycles. The summed E-state index contributed by atoms with van der Waals surface area (Å²) in [5, 5.41) is 2.84. The zero-order chi connectivity index (χ0) is 32.9. The Labute approximate surface area is 264 Å². The van der Waals surface area contributed by atoms with Crippen LogP contribution in [-0.2, 0) is 43.5 Å². The lowest BCUT2D eigenvalue weighted by atomic mass is 10.0. The summed E-state index contributed by atoms with van der Waals surface area (Å²) in [5.74, 6) is -0.332. The predicted octanol–water partition coefficient (Wildman–Crippen LogP) is 6.14. The molecule has 4 aromatic carbocycles. The number of benzene rings is 4. The van der Waals surface area contributed by atoms with E-state index in [-0.39, 0.29) is 42.4 Å². The van der Waals surface area contributed by atoms with Crippen LogP contribution in [0.3, 0.4) is 0 Å². The number of carbonyl (C=O) groups excluding carboxylic acids is 2. The maximum atomic E-state index is 14.0. The highest BCUT2D eigenvalue weighted by Gasteiger charge is 2.42. The summed E-state index contributed by atoms with van der Waals surface area (Å²) >= 11 is 0. The third kappa shape index (κ3) is 7.17. The van der Waals surface area contributed by atoms with Crippen LogP contribution in [0.5, 0.6) is 5.75 Å². The molecule has 0 spiro atoms. The Morgan fingerprint density at radius 3 is 2.37 bits per heavy atom. The zero-order valence-corrected chi connectivity index (χ0v) is 25.6. The van der Waals surface area contributed by atoms with E-state index in [1.54, 1.807) is 48.5 Å². The fourth-order valence-electron chi connectivity index (χ4n) is 5.25. The Balaban J connectivity index is 1.34. The van der Waals surface area contributed by atoms with Crippen molar-refractivity contribution in [2.45, 2.75) is 42.9 Å². The second-order valence-electron chi connectivity index (χ2n) is 10.6. The lowest BCUT2D eigenvalue weighted by Gasteiger charge is -2.26. The molecular weight excluding hydrogens is 621 g/mol. The van der Waals surface area contributed by atoms with Crippen LogP contribution in [0, 0.1) is 0 Å². The molecule has 8 nitrogen and oxygen atoms in total. The molecule has 0 radical (unpaired) electrons. The molecular formula is C34H31F3N2O6S. The summed E-state index contributed by atoms with van der Waals surface area (Å²) in [4.78, 5) is 24.9. The minimum absolute atomic E-state index is 0.0679. The molecule has 0 bridgehead atoms. The van der Waals surface area contributed by atoms with Crippen molar-refractivity contribution in [1.82, 2.24) is 5.32 Å². The Kier molecular flexibility index (Phi) is 9.66. The van der Waals surface area contributed by atoms with Gasteiger partial charge in [0.05, 0.1) is 29.9 Å². The van der Waals surface area contributed by atoms with Crippen LogP contribution in [0.15, 0.2) is 102 Å². The SMILES string of the molecule is COC(=O)CCCOc1ccccc1CNC(=O)[C@@H]1Cc2ccccc2N1S(=O)(=O)c1ccc(-c2cccc(C(F)(F)F)c2)cc1. The highest BCUT2D eigenvalue weighted by molar-refractivity contribution is 7.93. The van der Waals surface area contributed by atoms with Crippen LogP contribution in [0.1, 0.15) is 29.5 Å². The number of hydrogen-bond donors (Lipinski definition) is 1. The van der Waals surface area contributed by atoms with Gasteiger partial charge in [0, 0.05) is 24.9 Å². The Hall–Kier alpha value is -4.84. The summed E-state index contributed by atoms with van der Waals surface area (Å²) in [6.07, 6.45) is -3.72. The quantitative estimate of drug-likeness (QED) is 0.154. The number of sulfonamides is 1. The van der Waals surface area contributed by atoms with Gasteiger partial charge in [-0.3, -0.25) is 13.9 Å². The molecule has 0 aliphatic carbocycles. The normalized spacial score (nSPS) is 14.4. The number of nitrogens with zero attached hydrogens (tertiary/aromatic N) is 1. The molecule has 240 valence electrons. The average Bonchev–Trinajstić information content (AvgIpc) is 3.46. The summed E-state index contributed by atoms with van der Waals surface area (Å²) in [6, 6.07) is 23.2. The van der Waals surface area contributed by atoms with Crippen molar-refractivity contribution in [1.29, 1.82) is 0 Å². The smallest absolute Gasteiger partial charge is 0.416 e. The second-order valence-corrected chi connectivity index (χ2v) is 12.4. The molecule has 1 amide bonds. The largest absolute Gasteiger partial charge is 0.493 e. The maximum Gasteiger partial charge on any atom is 0.416 e. The molecule has 0 saturated heterocycles. The first-order chi connectivity index (χ1) is 22.0. The van der Waals surface area contributed by atoms with Gasteiger partial charge in [-0.1, -0.05) is 60.7 Å². The van der Waals surface area contributed by atoms with Crippen molar-refractivity contribution in [3.63, 3.8) is 0 Å². The minimum atomic E-state index is -4.52. The van der Waals surface area contributed by atoms with E-state index < -0.39 is 33.7 Å². The van der Waals surface area contributed by atoms with Crippen molar-refractivity contribution < 1.29 is 40.7 Å². The van der Waals surface area contributed by atoms with E-state index in [4.69, 9.17) is 4.74 Å². The monoisotopic (exact) mass is 652 g/mol. The number of para-hydroxylation sites is 2. The molecule has 1 atom stereocenters. The average molecular weight is 653 g/mol. The third-order valence-electron chi connectivity index (χ3n) is 7.60. The van der Waals surface area contributed by atoms with Gasteiger partial charge >= 0.3 is 12.1 Å². The van der Waals surface area contributed by atoms with Gasteiger partial charge in [0.1, 0.15) is 11.8 Å². The molecule has 46 heavy (non-hydrogen) atoms. The third-order valence-corrected chi connectivity index (χ3v) is 9.44. The highest BCUT2D eigenvalue weighted by Crippen LogP contribution is 2.38. The number of amides is 1. The van der Waals surface area contributed by atoms with Gasteiger partial charge in [0.25, 0.3) is 10.0 Å². The Bertz CT molecular complexity index is 1830. The van der Waals surface area contributed by atoms with Crippen molar-refractivity contribution in [2.75, 3.05) is 18.0 Å². The van der Waals surface area contributed by atoms with Crippen LogP contribution >= 0.6 is 0 Å². The van der Waals surface area contributed by atoms with Gasteiger partial charge in [-0.25, -0.2) is 8.42 Å². The van der Waals surface area contributed by atoms with Gasteiger partial charge in [-0.15, -0.1) is 0 Å². The topological polar surface area (TPSA) is 102 Å². The van der Waals surface area contributed by atoms with E-state index in [0.29, 0.717) is 34.5 Å². The van der Waals surface area contributed by atoms with E-state index in [9.17, 15) is 31.2 Å². The van der Waals surface area contributed by atoms with E-state index in [1.807, 2.05) is 0 Å². The molecule has 0 saturated carbocycles. The first-order valence-electron chi connectivity index (χ1n) is 14.4. The fourth-order valence-corrected chi connectivity index (χ4v) is 6.90. The van der Waals surface area contributed by atoms with Crippen LogP contribution < -0.4 is 14.4 Å². The summed E-state index contributed by atoms with van der Waals surface area (Å²) in [6.45, 7) is 0.328. The van der Waals surface area contributed by atoms with Crippen LogP contribution in [0.25, 0.3) is 11.1 Å². The first kappa shape index (κ1) is 32.6. The Morgan fingerprint density at radius 2 is 1.63 bits per heavy atom. The van der Waals surface area contributed by atoms with E-state index >= 15 is 0 Å². The molecule has 1 aliphatic heterocycles. The number of anilines is 1. The minimum Gasteiger partial charge on any atom is -0.493 e. The molecule has 1 aliphatic rings. The van der Waals surface area contributed by atoms with E-state index in [2.05, 4.69) is 10.1 Å². The maximum absolute atomic E-state index is 14.0. The number of fused-ring (bicyclic) bond motifs is 1.